The largest absolute Gasteiger partial charge is 0.452 e. The summed E-state index contributed by atoms with van der Waals surface area (Å²) in [6.07, 6.45) is 5.39. The van der Waals surface area contributed by atoms with E-state index in [1.165, 1.54) is 10.4 Å². The molecule has 1 N–H and O–H groups in total. The smallest absolute Gasteiger partial charge is 0.331 e. The minimum absolute atomic E-state index is 0.175. The molecule has 0 atom stereocenters. The van der Waals surface area contributed by atoms with E-state index in [9.17, 15) is 18.0 Å². The Balaban J connectivity index is 1.51. The third kappa shape index (κ3) is 4.82. The van der Waals surface area contributed by atoms with Crippen molar-refractivity contribution in [2.75, 3.05) is 23.2 Å². The SMILES string of the molecule is O=C(COC(=O)C=Cc1ccc(N2CCCS2(=O)=O)cc1)NC1CC1. The highest BCUT2D eigenvalue weighted by atomic mass is 32.2. The predicted octanol–water partition coefficient (Wildman–Crippen LogP) is 1.06. The van der Waals surface area contributed by atoms with Gasteiger partial charge in [-0.25, -0.2) is 13.2 Å². The molecule has 0 bridgehead atoms. The Morgan fingerprint density at radius 1 is 1.24 bits per heavy atom. The van der Waals surface area contributed by atoms with Crippen LogP contribution in [0.2, 0.25) is 0 Å². The second-order valence-electron chi connectivity index (χ2n) is 6.12. The van der Waals surface area contributed by atoms with Crippen LogP contribution < -0.4 is 9.62 Å². The number of anilines is 1. The van der Waals surface area contributed by atoms with Crippen LogP contribution in [0.15, 0.2) is 30.3 Å². The van der Waals surface area contributed by atoms with Gasteiger partial charge in [-0.2, -0.15) is 0 Å². The zero-order valence-corrected chi connectivity index (χ0v) is 14.5. The second kappa shape index (κ2) is 7.26. The normalized spacial score (nSPS) is 19.1. The summed E-state index contributed by atoms with van der Waals surface area (Å²) in [4.78, 5) is 23.0. The van der Waals surface area contributed by atoms with Gasteiger partial charge >= 0.3 is 5.97 Å². The zero-order chi connectivity index (χ0) is 17.9. The van der Waals surface area contributed by atoms with Crippen molar-refractivity contribution in [2.24, 2.45) is 0 Å². The number of esters is 1. The average Bonchev–Trinajstić information content (AvgIpc) is 3.32. The Kier molecular flexibility index (Phi) is 5.08. The van der Waals surface area contributed by atoms with E-state index in [1.807, 2.05) is 0 Å². The highest BCUT2D eigenvalue weighted by Crippen LogP contribution is 2.24. The van der Waals surface area contributed by atoms with Gasteiger partial charge in [0.15, 0.2) is 6.61 Å². The van der Waals surface area contributed by atoms with Crippen LogP contribution in [0.3, 0.4) is 0 Å². The van der Waals surface area contributed by atoms with Crippen molar-refractivity contribution in [1.82, 2.24) is 5.32 Å². The van der Waals surface area contributed by atoms with Gasteiger partial charge in [-0.3, -0.25) is 9.10 Å². The first kappa shape index (κ1) is 17.5. The van der Waals surface area contributed by atoms with E-state index >= 15 is 0 Å². The second-order valence-corrected chi connectivity index (χ2v) is 8.13. The Labute approximate surface area is 146 Å². The summed E-state index contributed by atoms with van der Waals surface area (Å²) in [6.45, 7) is 0.207. The highest BCUT2D eigenvalue weighted by Gasteiger charge is 2.28. The summed E-state index contributed by atoms with van der Waals surface area (Å²) < 4.78 is 30.0. The summed E-state index contributed by atoms with van der Waals surface area (Å²) in [5, 5.41) is 2.73. The molecule has 1 saturated carbocycles. The van der Waals surface area contributed by atoms with Crippen LogP contribution in [0.1, 0.15) is 24.8 Å². The number of nitrogens with zero attached hydrogens (tertiary/aromatic N) is 1. The Hall–Kier alpha value is -2.35. The average molecular weight is 364 g/mol. The molecule has 8 heteroatoms. The summed E-state index contributed by atoms with van der Waals surface area (Å²) in [5.41, 5.74) is 1.36. The van der Waals surface area contributed by atoms with Gasteiger partial charge in [-0.15, -0.1) is 0 Å². The van der Waals surface area contributed by atoms with Crippen molar-refractivity contribution < 1.29 is 22.7 Å². The van der Waals surface area contributed by atoms with Crippen LogP contribution >= 0.6 is 0 Å². The van der Waals surface area contributed by atoms with Gasteiger partial charge in [0.2, 0.25) is 10.0 Å². The number of carbonyl (C=O) groups excluding carboxylic acids is 2. The van der Waals surface area contributed by atoms with Gasteiger partial charge in [-0.05, 0) is 43.0 Å². The van der Waals surface area contributed by atoms with Crippen LogP contribution in [-0.4, -0.2) is 45.2 Å². The molecule has 3 rings (SSSR count). The summed E-state index contributed by atoms with van der Waals surface area (Å²) in [6, 6.07) is 7.10. The number of sulfonamides is 1. The van der Waals surface area contributed by atoms with Crippen molar-refractivity contribution in [3.8, 4) is 0 Å². The molecule has 0 spiro atoms. The number of benzene rings is 1. The maximum Gasteiger partial charge on any atom is 0.331 e. The number of hydrogen-bond acceptors (Lipinski definition) is 5. The fourth-order valence-corrected chi connectivity index (χ4v) is 4.09. The maximum absolute atomic E-state index is 11.9. The minimum Gasteiger partial charge on any atom is -0.452 e. The molecule has 1 aromatic carbocycles. The number of rotatable bonds is 6. The van der Waals surface area contributed by atoms with Crippen LogP contribution in [0, 0.1) is 0 Å². The molecule has 25 heavy (non-hydrogen) atoms. The van der Waals surface area contributed by atoms with Crippen molar-refractivity contribution >= 4 is 33.7 Å². The molecule has 2 aliphatic rings. The van der Waals surface area contributed by atoms with Crippen molar-refractivity contribution in [3.63, 3.8) is 0 Å². The lowest BCUT2D eigenvalue weighted by Crippen LogP contribution is -2.30. The first-order valence-electron chi connectivity index (χ1n) is 8.19. The first-order chi connectivity index (χ1) is 11.9. The van der Waals surface area contributed by atoms with E-state index in [0.29, 0.717) is 18.7 Å². The number of carbonyl (C=O) groups is 2. The lowest BCUT2D eigenvalue weighted by Gasteiger charge is -2.16. The van der Waals surface area contributed by atoms with E-state index in [2.05, 4.69) is 5.32 Å². The number of hydrogen-bond donors (Lipinski definition) is 1. The number of ether oxygens (including phenoxy) is 1. The van der Waals surface area contributed by atoms with Crippen LogP contribution in [-0.2, 0) is 24.3 Å². The first-order valence-corrected chi connectivity index (χ1v) is 9.80. The summed E-state index contributed by atoms with van der Waals surface area (Å²) in [7, 11) is -3.20. The topological polar surface area (TPSA) is 92.8 Å². The Bertz CT molecular complexity index is 782. The van der Waals surface area contributed by atoms with Gasteiger partial charge in [0.1, 0.15) is 0 Å². The molecule has 134 valence electrons. The van der Waals surface area contributed by atoms with Crippen molar-refractivity contribution in [3.05, 3.63) is 35.9 Å². The van der Waals surface area contributed by atoms with E-state index in [0.717, 1.165) is 18.4 Å². The van der Waals surface area contributed by atoms with Gasteiger partial charge in [-0.1, -0.05) is 12.1 Å². The molecule has 2 fully saturated rings. The van der Waals surface area contributed by atoms with Crippen LogP contribution in [0.4, 0.5) is 5.69 Å². The van der Waals surface area contributed by atoms with Gasteiger partial charge in [0.25, 0.3) is 5.91 Å². The quantitative estimate of drug-likeness (QED) is 0.602. The molecule has 7 nitrogen and oxygen atoms in total. The third-order valence-corrected chi connectivity index (χ3v) is 5.85. The maximum atomic E-state index is 11.9. The molecular weight excluding hydrogens is 344 g/mol. The molecule has 1 saturated heterocycles. The summed E-state index contributed by atoms with van der Waals surface area (Å²) >= 11 is 0. The fraction of sp³-hybridized carbons (Fsp3) is 0.412. The standard InChI is InChI=1S/C17H20N2O5S/c20-16(18-14-5-6-14)12-24-17(21)9-4-13-2-7-15(8-3-13)19-10-1-11-25(19,22)23/h2-4,7-9,14H,1,5-6,10-12H2,(H,18,20). The Morgan fingerprint density at radius 2 is 1.96 bits per heavy atom. The van der Waals surface area contributed by atoms with Crippen LogP contribution in [0.5, 0.6) is 0 Å². The van der Waals surface area contributed by atoms with E-state index in [4.69, 9.17) is 4.74 Å². The minimum atomic E-state index is -3.20. The Morgan fingerprint density at radius 3 is 2.56 bits per heavy atom. The van der Waals surface area contributed by atoms with Crippen molar-refractivity contribution in [1.29, 1.82) is 0 Å². The molecule has 1 aliphatic carbocycles. The van der Waals surface area contributed by atoms with E-state index in [-0.39, 0.29) is 24.3 Å². The lowest BCUT2D eigenvalue weighted by atomic mass is 10.2. The van der Waals surface area contributed by atoms with Crippen molar-refractivity contribution in [2.45, 2.75) is 25.3 Å². The monoisotopic (exact) mass is 364 g/mol. The summed E-state index contributed by atoms with van der Waals surface area (Å²) in [5.74, 6) is -0.716. The molecule has 0 unspecified atom stereocenters. The number of amides is 1. The predicted molar refractivity (Wildman–Crippen MR) is 93.3 cm³/mol. The van der Waals surface area contributed by atoms with Crippen LogP contribution in [0.25, 0.3) is 6.08 Å². The molecule has 1 aliphatic heterocycles. The fourth-order valence-electron chi connectivity index (χ4n) is 2.53. The molecular formula is C17H20N2O5S. The van der Waals surface area contributed by atoms with Gasteiger partial charge < -0.3 is 10.1 Å². The van der Waals surface area contributed by atoms with E-state index < -0.39 is 16.0 Å². The molecule has 1 heterocycles. The molecule has 1 aromatic rings. The molecule has 0 aromatic heterocycles. The van der Waals surface area contributed by atoms with E-state index in [1.54, 1.807) is 30.3 Å². The lowest BCUT2D eigenvalue weighted by molar-refractivity contribution is -0.143. The zero-order valence-electron chi connectivity index (χ0n) is 13.7. The molecule has 1 amide bonds. The number of nitrogens with one attached hydrogen (secondary N) is 1. The van der Waals surface area contributed by atoms with Gasteiger partial charge in [0, 0.05) is 18.7 Å². The molecule has 0 radical (unpaired) electrons. The highest BCUT2D eigenvalue weighted by molar-refractivity contribution is 7.93. The third-order valence-electron chi connectivity index (χ3n) is 3.98. The van der Waals surface area contributed by atoms with Gasteiger partial charge in [0.05, 0.1) is 11.4 Å².